The smallest absolute Gasteiger partial charge is 0.337 e. The third-order valence-electron chi connectivity index (χ3n) is 2.59. The summed E-state index contributed by atoms with van der Waals surface area (Å²) in [6.45, 7) is 0. The minimum Gasteiger partial charge on any atom is -0.478 e. The Morgan fingerprint density at radius 3 is 2.38 bits per heavy atom. The van der Waals surface area contributed by atoms with Gasteiger partial charge in [0.25, 0.3) is 0 Å². The number of hydrogen-bond acceptors (Lipinski definition) is 2. The van der Waals surface area contributed by atoms with Crippen molar-refractivity contribution in [1.29, 1.82) is 0 Å². The second-order valence-corrected chi connectivity index (χ2v) is 5.34. The number of hydrogen-bond donors (Lipinski definition) is 3. The van der Waals surface area contributed by atoms with Gasteiger partial charge in [-0.15, -0.1) is 0 Å². The molecule has 0 bridgehead atoms. The van der Waals surface area contributed by atoms with Crippen LogP contribution < -0.4 is 10.6 Å². The largest absolute Gasteiger partial charge is 0.478 e. The first-order valence-corrected chi connectivity index (χ1v) is 7.00. The summed E-state index contributed by atoms with van der Waals surface area (Å²) in [6.07, 6.45) is 0. The lowest BCUT2D eigenvalue weighted by molar-refractivity contribution is 0.0698. The fourth-order valence-corrected chi connectivity index (χ4v) is 2.43. The highest BCUT2D eigenvalue weighted by molar-refractivity contribution is 9.10. The summed E-state index contributed by atoms with van der Waals surface area (Å²) in [6, 6.07) is 10.5. The van der Waals surface area contributed by atoms with Crippen molar-refractivity contribution >= 4 is 50.9 Å². The Balaban J connectivity index is 2.14. The van der Waals surface area contributed by atoms with E-state index in [1.165, 1.54) is 12.1 Å². The van der Waals surface area contributed by atoms with Gasteiger partial charge in [0.2, 0.25) is 0 Å². The standard InChI is InChI=1S/C14H10BrClN2O3/c15-10-7-8(16)5-6-12(10)18-14(21)17-11-4-2-1-3-9(11)13(19)20/h1-7H,(H,19,20)(H2,17,18,21). The molecule has 2 rings (SSSR count). The summed E-state index contributed by atoms with van der Waals surface area (Å²) in [5, 5.41) is 14.7. The van der Waals surface area contributed by atoms with E-state index in [2.05, 4.69) is 26.6 Å². The van der Waals surface area contributed by atoms with Crippen LogP contribution in [0.5, 0.6) is 0 Å². The molecule has 3 N–H and O–H groups in total. The molecular formula is C14H10BrClN2O3. The normalized spacial score (nSPS) is 10.0. The first-order valence-electron chi connectivity index (χ1n) is 5.83. The highest BCUT2D eigenvalue weighted by Crippen LogP contribution is 2.26. The Bertz CT molecular complexity index is 706. The molecule has 0 aliphatic rings. The molecule has 2 amide bonds. The van der Waals surface area contributed by atoms with Crippen molar-refractivity contribution in [1.82, 2.24) is 0 Å². The lowest BCUT2D eigenvalue weighted by Gasteiger charge is -2.11. The number of para-hydroxylation sites is 1. The van der Waals surface area contributed by atoms with E-state index in [-0.39, 0.29) is 11.3 Å². The van der Waals surface area contributed by atoms with Gasteiger partial charge in [-0.3, -0.25) is 0 Å². The molecule has 0 spiro atoms. The fraction of sp³-hybridized carbons (Fsp3) is 0. The summed E-state index contributed by atoms with van der Waals surface area (Å²) in [5.74, 6) is -1.11. The predicted molar refractivity (Wildman–Crippen MR) is 85.2 cm³/mol. The Hall–Kier alpha value is -2.05. The molecule has 108 valence electrons. The molecule has 0 aliphatic heterocycles. The number of nitrogens with one attached hydrogen (secondary N) is 2. The van der Waals surface area contributed by atoms with Crippen molar-refractivity contribution in [2.45, 2.75) is 0 Å². The Morgan fingerprint density at radius 2 is 1.71 bits per heavy atom. The van der Waals surface area contributed by atoms with Gasteiger partial charge >= 0.3 is 12.0 Å². The number of carboxylic acid groups (broad SMARTS) is 1. The monoisotopic (exact) mass is 368 g/mol. The van der Waals surface area contributed by atoms with Crippen LogP contribution in [0.2, 0.25) is 5.02 Å². The van der Waals surface area contributed by atoms with E-state index in [0.717, 1.165) is 0 Å². The van der Waals surface area contributed by atoms with Crippen LogP contribution in [0.25, 0.3) is 0 Å². The zero-order valence-electron chi connectivity index (χ0n) is 10.6. The van der Waals surface area contributed by atoms with Crippen molar-refractivity contribution in [2.24, 2.45) is 0 Å². The SMILES string of the molecule is O=C(Nc1ccc(Cl)cc1Br)Nc1ccccc1C(=O)O. The van der Waals surface area contributed by atoms with Gasteiger partial charge in [-0.25, -0.2) is 9.59 Å². The van der Waals surface area contributed by atoms with Crippen LogP contribution in [-0.2, 0) is 0 Å². The molecule has 0 saturated heterocycles. The molecule has 0 heterocycles. The zero-order valence-corrected chi connectivity index (χ0v) is 12.9. The first-order chi connectivity index (χ1) is 9.97. The molecule has 0 radical (unpaired) electrons. The minimum atomic E-state index is -1.11. The minimum absolute atomic E-state index is 0.0165. The van der Waals surface area contributed by atoms with Gasteiger partial charge in [-0.05, 0) is 46.3 Å². The van der Waals surface area contributed by atoms with Crippen molar-refractivity contribution in [3.05, 3.63) is 57.5 Å². The maximum Gasteiger partial charge on any atom is 0.337 e. The van der Waals surface area contributed by atoms with E-state index < -0.39 is 12.0 Å². The number of benzene rings is 2. The molecule has 0 unspecified atom stereocenters. The molecule has 2 aromatic rings. The fourth-order valence-electron chi connectivity index (χ4n) is 1.65. The quantitative estimate of drug-likeness (QED) is 0.748. The number of halogens is 2. The molecule has 5 nitrogen and oxygen atoms in total. The number of carbonyl (C=O) groups excluding carboxylic acids is 1. The van der Waals surface area contributed by atoms with Crippen LogP contribution in [-0.4, -0.2) is 17.1 Å². The maximum absolute atomic E-state index is 11.9. The molecule has 7 heteroatoms. The molecule has 0 fully saturated rings. The predicted octanol–water partition coefficient (Wildman–Crippen LogP) is 4.44. The Morgan fingerprint density at radius 1 is 1.05 bits per heavy atom. The topological polar surface area (TPSA) is 78.4 Å². The van der Waals surface area contributed by atoms with E-state index in [9.17, 15) is 9.59 Å². The summed E-state index contributed by atoms with van der Waals surface area (Å²) < 4.78 is 0.622. The van der Waals surface area contributed by atoms with E-state index in [1.807, 2.05) is 0 Å². The number of carbonyl (C=O) groups is 2. The number of urea groups is 1. The third kappa shape index (κ3) is 3.96. The van der Waals surface area contributed by atoms with Crippen LogP contribution >= 0.6 is 27.5 Å². The lowest BCUT2D eigenvalue weighted by atomic mass is 10.2. The molecule has 0 saturated carbocycles. The second-order valence-electron chi connectivity index (χ2n) is 4.05. The first kappa shape index (κ1) is 15.3. The van der Waals surface area contributed by atoms with Gasteiger partial charge in [-0.1, -0.05) is 23.7 Å². The second kappa shape index (κ2) is 6.60. The van der Waals surface area contributed by atoms with Crippen molar-refractivity contribution in [3.63, 3.8) is 0 Å². The average Bonchev–Trinajstić information content (AvgIpc) is 2.42. The van der Waals surface area contributed by atoms with Crippen molar-refractivity contribution in [2.75, 3.05) is 10.6 Å². The molecule has 0 atom stereocenters. The number of carboxylic acids is 1. The summed E-state index contributed by atoms with van der Waals surface area (Å²) in [7, 11) is 0. The van der Waals surface area contributed by atoms with Gasteiger partial charge in [0.05, 0.1) is 16.9 Å². The third-order valence-corrected chi connectivity index (χ3v) is 3.48. The number of anilines is 2. The van der Waals surface area contributed by atoms with Crippen molar-refractivity contribution < 1.29 is 14.7 Å². The molecule has 0 aromatic heterocycles. The van der Waals surface area contributed by atoms with Crippen LogP contribution in [0.15, 0.2) is 46.9 Å². The number of aromatic carboxylic acids is 1. The van der Waals surface area contributed by atoms with Crippen molar-refractivity contribution in [3.8, 4) is 0 Å². The molecular weight excluding hydrogens is 360 g/mol. The summed E-state index contributed by atoms with van der Waals surface area (Å²) in [4.78, 5) is 23.0. The Labute approximate surface area is 134 Å². The van der Waals surface area contributed by atoms with Crippen LogP contribution in [0.4, 0.5) is 16.2 Å². The van der Waals surface area contributed by atoms with E-state index >= 15 is 0 Å². The highest BCUT2D eigenvalue weighted by Gasteiger charge is 2.12. The van der Waals surface area contributed by atoms with Crippen LogP contribution in [0.1, 0.15) is 10.4 Å². The number of amides is 2. The molecule has 21 heavy (non-hydrogen) atoms. The average molecular weight is 370 g/mol. The van der Waals surface area contributed by atoms with Crippen LogP contribution in [0, 0.1) is 0 Å². The number of rotatable bonds is 3. The van der Waals surface area contributed by atoms with Gasteiger partial charge in [-0.2, -0.15) is 0 Å². The van der Waals surface area contributed by atoms with Gasteiger partial charge in [0.1, 0.15) is 0 Å². The highest BCUT2D eigenvalue weighted by atomic mass is 79.9. The maximum atomic E-state index is 11.9. The van der Waals surface area contributed by atoms with Gasteiger partial charge in [0, 0.05) is 9.50 Å². The van der Waals surface area contributed by atoms with Gasteiger partial charge in [0.15, 0.2) is 0 Å². The van der Waals surface area contributed by atoms with E-state index in [4.69, 9.17) is 16.7 Å². The zero-order chi connectivity index (χ0) is 15.4. The lowest BCUT2D eigenvalue weighted by Crippen LogP contribution is -2.21. The van der Waals surface area contributed by atoms with E-state index in [0.29, 0.717) is 15.2 Å². The molecule has 0 aliphatic carbocycles. The van der Waals surface area contributed by atoms with Gasteiger partial charge < -0.3 is 15.7 Å². The summed E-state index contributed by atoms with van der Waals surface area (Å²) in [5.41, 5.74) is 0.750. The summed E-state index contributed by atoms with van der Waals surface area (Å²) >= 11 is 9.09. The Kier molecular flexibility index (Phi) is 4.82. The van der Waals surface area contributed by atoms with E-state index in [1.54, 1.807) is 30.3 Å². The molecule has 2 aromatic carbocycles. The van der Waals surface area contributed by atoms with Crippen LogP contribution in [0.3, 0.4) is 0 Å².